The third-order valence-corrected chi connectivity index (χ3v) is 3.91. The van der Waals surface area contributed by atoms with Crippen LogP contribution in [0.2, 0.25) is 0 Å². The number of nitrogens with two attached hydrogens (primary N) is 1. The van der Waals surface area contributed by atoms with Crippen LogP contribution in [0.15, 0.2) is 0 Å². The summed E-state index contributed by atoms with van der Waals surface area (Å²) in [6.45, 7) is 8.26. The Hall–Kier alpha value is -0.450. The van der Waals surface area contributed by atoms with Crippen LogP contribution in [-0.2, 0) is 11.2 Å². The van der Waals surface area contributed by atoms with Gasteiger partial charge in [0.15, 0.2) is 0 Å². The number of rotatable bonds is 5. The molecule has 3 nitrogen and oxygen atoms in total. The molecule has 0 aliphatic carbocycles. The first-order valence-corrected chi connectivity index (χ1v) is 6.39. The Morgan fingerprint density at radius 1 is 1.44 bits per heavy atom. The van der Waals surface area contributed by atoms with Crippen LogP contribution in [0.25, 0.3) is 0 Å². The fourth-order valence-corrected chi connectivity index (χ4v) is 2.66. The lowest BCUT2D eigenvalue weighted by Crippen LogP contribution is -2.35. The highest BCUT2D eigenvalue weighted by Gasteiger charge is 2.21. The lowest BCUT2D eigenvalue weighted by Gasteiger charge is -2.26. The number of aromatic nitrogens is 1. The van der Waals surface area contributed by atoms with Crippen LogP contribution in [-0.4, -0.2) is 23.7 Å². The predicted octanol–water partition coefficient (Wildman–Crippen LogP) is 2.44. The summed E-state index contributed by atoms with van der Waals surface area (Å²) in [4.78, 5) is 5.79. The molecule has 1 aromatic rings. The normalized spacial score (nSPS) is 14.1. The average molecular weight is 242 g/mol. The number of hydrogen-bond donors (Lipinski definition) is 1. The number of ether oxygens (including phenoxy) is 1. The highest BCUT2D eigenvalue weighted by atomic mass is 32.1. The molecule has 1 unspecified atom stereocenters. The van der Waals surface area contributed by atoms with Crippen LogP contribution in [0.4, 0.5) is 0 Å². The van der Waals surface area contributed by atoms with E-state index in [1.807, 2.05) is 6.92 Å². The molecular weight excluding hydrogens is 220 g/mol. The highest BCUT2D eigenvalue weighted by molar-refractivity contribution is 7.11. The molecule has 0 fully saturated rings. The minimum atomic E-state index is -0.152. The number of hydrogen-bond acceptors (Lipinski definition) is 4. The van der Waals surface area contributed by atoms with Crippen molar-refractivity contribution in [1.29, 1.82) is 0 Å². The van der Waals surface area contributed by atoms with Gasteiger partial charge in [-0.15, -0.1) is 11.3 Å². The SMILES string of the molecule is COC(C)(C)CC(N)Cc1nc(C)c(C)s1. The van der Waals surface area contributed by atoms with Crippen LogP contribution >= 0.6 is 11.3 Å². The molecule has 0 radical (unpaired) electrons. The Bertz CT molecular complexity index is 327. The van der Waals surface area contributed by atoms with E-state index in [0.717, 1.165) is 23.5 Å². The molecule has 0 spiro atoms. The van der Waals surface area contributed by atoms with Crippen molar-refractivity contribution in [3.8, 4) is 0 Å². The number of thiazole rings is 1. The summed E-state index contributed by atoms with van der Waals surface area (Å²) in [5.41, 5.74) is 7.08. The second kappa shape index (κ2) is 5.25. The maximum Gasteiger partial charge on any atom is 0.0946 e. The van der Waals surface area contributed by atoms with E-state index in [4.69, 9.17) is 10.5 Å². The smallest absolute Gasteiger partial charge is 0.0946 e. The fourth-order valence-electron chi connectivity index (χ4n) is 1.64. The van der Waals surface area contributed by atoms with E-state index in [1.165, 1.54) is 4.88 Å². The van der Waals surface area contributed by atoms with Gasteiger partial charge < -0.3 is 10.5 Å². The molecule has 16 heavy (non-hydrogen) atoms. The Kier molecular flexibility index (Phi) is 4.47. The number of methoxy groups -OCH3 is 1. The Labute approximate surface area is 102 Å². The third kappa shape index (κ3) is 3.85. The fraction of sp³-hybridized carbons (Fsp3) is 0.750. The second-order valence-electron chi connectivity index (χ2n) is 4.88. The summed E-state index contributed by atoms with van der Waals surface area (Å²) in [5.74, 6) is 0. The Morgan fingerprint density at radius 3 is 2.50 bits per heavy atom. The zero-order valence-electron chi connectivity index (χ0n) is 10.8. The maximum atomic E-state index is 6.11. The Balaban J connectivity index is 2.54. The number of nitrogens with zero attached hydrogens (tertiary/aromatic N) is 1. The van der Waals surface area contributed by atoms with Crippen LogP contribution in [0.3, 0.4) is 0 Å². The van der Waals surface area contributed by atoms with Crippen molar-refractivity contribution < 1.29 is 4.74 Å². The van der Waals surface area contributed by atoms with E-state index in [9.17, 15) is 0 Å². The first-order chi connectivity index (χ1) is 7.34. The molecule has 1 rings (SSSR count). The zero-order chi connectivity index (χ0) is 12.3. The van der Waals surface area contributed by atoms with Crippen molar-refractivity contribution in [3.63, 3.8) is 0 Å². The summed E-state index contributed by atoms with van der Waals surface area (Å²) in [5, 5.41) is 1.13. The van der Waals surface area contributed by atoms with Crippen molar-refractivity contribution in [2.24, 2.45) is 5.73 Å². The molecule has 0 aromatic carbocycles. The minimum Gasteiger partial charge on any atom is -0.379 e. The lowest BCUT2D eigenvalue weighted by atomic mass is 9.97. The van der Waals surface area contributed by atoms with Gasteiger partial charge in [0.05, 0.1) is 16.3 Å². The highest BCUT2D eigenvalue weighted by Crippen LogP contribution is 2.21. The summed E-state index contributed by atoms with van der Waals surface area (Å²) in [7, 11) is 1.73. The molecule has 92 valence electrons. The van der Waals surface area contributed by atoms with Gasteiger partial charge in [0.1, 0.15) is 0 Å². The molecular formula is C12H22N2OS. The molecule has 4 heteroatoms. The molecule has 0 saturated carbocycles. The largest absolute Gasteiger partial charge is 0.379 e. The lowest BCUT2D eigenvalue weighted by molar-refractivity contribution is 0.0102. The van der Waals surface area contributed by atoms with Gasteiger partial charge in [-0.3, -0.25) is 0 Å². The van der Waals surface area contributed by atoms with Crippen molar-refractivity contribution in [2.75, 3.05) is 7.11 Å². The third-order valence-electron chi connectivity index (χ3n) is 2.82. The molecule has 0 bridgehead atoms. The molecule has 0 aliphatic rings. The first-order valence-electron chi connectivity index (χ1n) is 5.57. The van der Waals surface area contributed by atoms with Crippen LogP contribution in [0.5, 0.6) is 0 Å². The van der Waals surface area contributed by atoms with Gasteiger partial charge in [-0.05, 0) is 34.1 Å². The molecule has 1 atom stereocenters. The topological polar surface area (TPSA) is 48.1 Å². The van der Waals surface area contributed by atoms with Gasteiger partial charge in [0.25, 0.3) is 0 Å². The standard InChI is InChI=1S/C12H22N2OS/c1-8-9(2)16-11(14-8)6-10(13)7-12(3,4)15-5/h10H,6-7,13H2,1-5H3. The van der Waals surface area contributed by atoms with Gasteiger partial charge in [0.2, 0.25) is 0 Å². The predicted molar refractivity (Wildman–Crippen MR) is 69.0 cm³/mol. The van der Waals surface area contributed by atoms with Crippen molar-refractivity contribution in [2.45, 2.75) is 52.2 Å². The van der Waals surface area contributed by atoms with Crippen LogP contribution in [0.1, 0.15) is 35.8 Å². The first kappa shape index (κ1) is 13.6. The number of aryl methyl sites for hydroxylation is 2. The summed E-state index contributed by atoms with van der Waals surface area (Å²) < 4.78 is 5.38. The molecule has 0 saturated heterocycles. The molecule has 1 aromatic heterocycles. The molecule has 0 aliphatic heterocycles. The van der Waals surface area contributed by atoms with E-state index < -0.39 is 0 Å². The average Bonchev–Trinajstić information content (AvgIpc) is 2.44. The van der Waals surface area contributed by atoms with Gasteiger partial charge in [-0.1, -0.05) is 0 Å². The second-order valence-corrected chi connectivity index (χ2v) is 6.17. The van der Waals surface area contributed by atoms with Crippen molar-refractivity contribution >= 4 is 11.3 Å². The van der Waals surface area contributed by atoms with Gasteiger partial charge >= 0.3 is 0 Å². The van der Waals surface area contributed by atoms with Crippen molar-refractivity contribution in [1.82, 2.24) is 4.98 Å². The van der Waals surface area contributed by atoms with E-state index in [2.05, 4.69) is 25.8 Å². The summed E-state index contributed by atoms with van der Waals surface area (Å²) >= 11 is 1.74. The van der Waals surface area contributed by atoms with E-state index in [-0.39, 0.29) is 11.6 Å². The Morgan fingerprint density at radius 2 is 2.06 bits per heavy atom. The van der Waals surface area contributed by atoms with Gasteiger partial charge in [0, 0.05) is 24.4 Å². The van der Waals surface area contributed by atoms with Gasteiger partial charge in [-0.2, -0.15) is 0 Å². The van der Waals surface area contributed by atoms with E-state index >= 15 is 0 Å². The molecule has 0 amide bonds. The maximum absolute atomic E-state index is 6.11. The zero-order valence-corrected chi connectivity index (χ0v) is 11.6. The minimum absolute atomic E-state index is 0.111. The van der Waals surface area contributed by atoms with Crippen molar-refractivity contribution in [3.05, 3.63) is 15.6 Å². The molecule has 2 N–H and O–H groups in total. The van der Waals surface area contributed by atoms with Crippen LogP contribution in [0, 0.1) is 13.8 Å². The molecule has 1 heterocycles. The monoisotopic (exact) mass is 242 g/mol. The van der Waals surface area contributed by atoms with E-state index in [0.29, 0.717) is 0 Å². The summed E-state index contributed by atoms with van der Waals surface area (Å²) in [6, 6.07) is 0.111. The van der Waals surface area contributed by atoms with Crippen LogP contribution < -0.4 is 5.73 Å². The van der Waals surface area contributed by atoms with Gasteiger partial charge in [-0.25, -0.2) is 4.98 Å². The van der Waals surface area contributed by atoms with E-state index in [1.54, 1.807) is 18.4 Å². The summed E-state index contributed by atoms with van der Waals surface area (Å²) in [6.07, 6.45) is 1.69. The quantitative estimate of drug-likeness (QED) is 0.862.